The summed E-state index contributed by atoms with van der Waals surface area (Å²) >= 11 is 0. The molecule has 0 N–H and O–H groups in total. The standard InChI is InChI=1S/C22H31NO/c1-3-4-7-15-23-16-14-19-8-5-6-9-21(19)22(23)17-18-10-12-20(24-2)13-11-18/h10-13,17H,3-9,14-16H2,1-2H3. The van der Waals surface area contributed by atoms with E-state index < -0.39 is 0 Å². The molecule has 0 atom stereocenters. The van der Waals surface area contributed by atoms with E-state index in [1.807, 2.05) is 0 Å². The molecule has 1 aromatic rings. The van der Waals surface area contributed by atoms with Gasteiger partial charge < -0.3 is 9.64 Å². The molecule has 0 spiro atoms. The number of allylic oxidation sites excluding steroid dienone is 1. The van der Waals surface area contributed by atoms with E-state index in [1.165, 1.54) is 75.7 Å². The average Bonchev–Trinajstić information content (AvgIpc) is 2.64. The number of hydrogen-bond acceptors (Lipinski definition) is 2. The molecule has 2 heteroatoms. The molecule has 0 amide bonds. The lowest BCUT2D eigenvalue weighted by atomic mass is 9.84. The fourth-order valence-electron chi connectivity index (χ4n) is 3.96. The van der Waals surface area contributed by atoms with Crippen LogP contribution in [0.4, 0.5) is 0 Å². The van der Waals surface area contributed by atoms with Crippen LogP contribution in [0.2, 0.25) is 0 Å². The minimum absolute atomic E-state index is 0.929. The maximum absolute atomic E-state index is 5.29. The van der Waals surface area contributed by atoms with Gasteiger partial charge in [0, 0.05) is 18.8 Å². The van der Waals surface area contributed by atoms with E-state index in [9.17, 15) is 0 Å². The lowest BCUT2D eigenvalue weighted by Crippen LogP contribution is -2.31. The van der Waals surface area contributed by atoms with Crippen LogP contribution in [0, 0.1) is 0 Å². The smallest absolute Gasteiger partial charge is 0.118 e. The molecule has 0 aromatic heterocycles. The van der Waals surface area contributed by atoms with Gasteiger partial charge >= 0.3 is 0 Å². The van der Waals surface area contributed by atoms with Crippen molar-refractivity contribution in [1.29, 1.82) is 0 Å². The molecule has 0 bridgehead atoms. The first-order valence-corrected chi connectivity index (χ1v) is 9.63. The summed E-state index contributed by atoms with van der Waals surface area (Å²) in [7, 11) is 1.73. The van der Waals surface area contributed by atoms with Gasteiger partial charge in [-0.15, -0.1) is 0 Å². The van der Waals surface area contributed by atoms with E-state index in [4.69, 9.17) is 4.74 Å². The van der Waals surface area contributed by atoms with Gasteiger partial charge in [0.25, 0.3) is 0 Å². The molecule has 1 aliphatic carbocycles. The minimum atomic E-state index is 0.929. The summed E-state index contributed by atoms with van der Waals surface area (Å²) in [6.45, 7) is 4.68. The molecule has 130 valence electrons. The lowest BCUT2D eigenvalue weighted by molar-refractivity contribution is 0.324. The van der Waals surface area contributed by atoms with Crippen molar-refractivity contribution in [2.24, 2.45) is 0 Å². The van der Waals surface area contributed by atoms with E-state index in [0.717, 1.165) is 5.75 Å². The molecule has 2 nitrogen and oxygen atoms in total. The number of methoxy groups -OCH3 is 1. The second-order valence-corrected chi connectivity index (χ2v) is 7.04. The Morgan fingerprint density at radius 3 is 2.58 bits per heavy atom. The Morgan fingerprint density at radius 2 is 1.83 bits per heavy atom. The van der Waals surface area contributed by atoms with Gasteiger partial charge in [-0.3, -0.25) is 0 Å². The van der Waals surface area contributed by atoms with Crippen LogP contribution >= 0.6 is 0 Å². The van der Waals surface area contributed by atoms with Crippen molar-refractivity contribution in [2.45, 2.75) is 58.3 Å². The summed E-state index contributed by atoms with van der Waals surface area (Å²) in [6, 6.07) is 8.47. The Bertz CT molecular complexity index is 597. The molecule has 3 rings (SSSR count). The van der Waals surface area contributed by atoms with E-state index in [-0.39, 0.29) is 0 Å². The molecule has 0 saturated carbocycles. The summed E-state index contributed by atoms with van der Waals surface area (Å²) in [6.07, 6.45) is 12.9. The predicted octanol–water partition coefficient (Wildman–Crippen LogP) is 5.80. The fourth-order valence-corrected chi connectivity index (χ4v) is 3.96. The third-order valence-electron chi connectivity index (χ3n) is 5.37. The SMILES string of the molecule is CCCCCN1CCC2=C(CCCC2)C1=Cc1ccc(OC)cc1. The highest BCUT2D eigenvalue weighted by Crippen LogP contribution is 2.38. The van der Waals surface area contributed by atoms with Crippen LogP contribution in [0.25, 0.3) is 6.08 Å². The molecule has 1 aromatic carbocycles. The molecule has 0 fully saturated rings. The third-order valence-corrected chi connectivity index (χ3v) is 5.37. The van der Waals surface area contributed by atoms with Crippen LogP contribution in [0.5, 0.6) is 5.75 Å². The van der Waals surface area contributed by atoms with Gasteiger partial charge in [-0.05, 0) is 67.9 Å². The number of benzene rings is 1. The van der Waals surface area contributed by atoms with Gasteiger partial charge in [0.15, 0.2) is 0 Å². The monoisotopic (exact) mass is 325 g/mol. The Morgan fingerprint density at radius 1 is 1.04 bits per heavy atom. The zero-order valence-corrected chi connectivity index (χ0v) is 15.3. The average molecular weight is 325 g/mol. The van der Waals surface area contributed by atoms with Crippen LogP contribution in [-0.2, 0) is 0 Å². The quantitative estimate of drug-likeness (QED) is 0.613. The number of hydrogen-bond donors (Lipinski definition) is 0. The number of ether oxygens (including phenoxy) is 1. The number of nitrogens with zero attached hydrogens (tertiary/aromatic N) is 1. The van der Waals surface area contributed by atoms with Gasteiger partial charge in [0.05, 0.1) is 7.11 Å². The van der Waals surface area contributed by atoms with Gasteiger partial charge in [0.2, 0.25) is 0 Å². The number of rotatable bonds is 6. The van der Waals surface area contributed by atoms with E-state index in [2.05, 4.69) is 42.2 Å². The van der Waals surface area contributed by atoms with E-state index in [1.54, 1.807) is 18.3 Å². The molecule has 1 aliphatic heterocycles. The van der Waals surface area contributed by atoms with Crippen LogP contribution in [-0.4, -0.2) is 25.1 Å². The van der Waals surface area contributed by atoms with Gasteiger partial charge in [-0.25, -0.2) is 0 Å². The Balaban J connectivity index is 1.87. The molecular formula is C22H31NO. The summed E-state index contributed by atoms with van der Waals surface area (Å²) in [5.41, 5.74) is 6.16. The van der Waals surface area contributed by atoms with Crippen molar-refractivity contribution in [3.05, 3.63) is 46.7 Å². The summed E-state index contributed by atoms with van der Waals surface area (Å²) < 4.78 is 5.29. The van der Waals surface area contributed by atoms with Crippen LogP contribution in [0.1, 0.15) is 63.9 Å². The van der Waals surface area contributed by atoms with Crippen molar-refractivity contribution in [2.75, 3.05) is 20.2 Å². The summed E-state index contributed by atoms with van der Waals surface area (Å²) in [5.74, 6) is 0.929. The zero-order chi connectivity index (χ0) is 16.8. The largest absolute Gasteiger partial charge is 0.497 e. The molecule has 0 radical (unpaired) electrons. The first-order chi connectivity index (χ1) is 11.8. The van der Waals surface area contributed by atoms with Crippen molar-refractivity contribution in [3.8, 4) is 5.75 Å². The van der Waals surface area contributed by atoms with Crippen LogP contribution in [0.15, 0.2) is 41.1 Å². The lowest BCUT2D eigenvalue weighted by Gasteiger charge is -2.37. The highest BCUT2D eigenvalue weighted by atomic mass is 16.5. The molecule has 24 heavy (non-hydrogen) atoms. The second-order valence-electron chi connectivity index (χ2n) is 7.04. The molecule has 1 heterocycles. The summed E-state index contributed by atoms with van der Waals surface area (Å²) in [5, 5.41) is 0. The van der Waals surface area contributed by atoms with Crippen LogP contribution in [0.3, 0.4) is 0 Å². The van der Waals surface area contributed by atoms with E-state index >= 15 is 0 Å². The summed E-state index contributed by atoms with van der Waals surface area (Å²) in [4.78, 5) is 2.64. The third kappa shape index (κ3) is 4.03. The van der Waals surface area contributed by atoms with Gasteiger partial charge in [0.1, 0.15) is 5.75 Å². The molecular weight excluding hydrogens is 294 g/mol. The van der Waals surface area contributed by atoms with Crippen LogP contribution < -0.4 is 4.74 Å². The molecule has 0 unspecified atom stereocenters. The Kier molecular flexibility index (Phi) is 6.01. The number of unbranched alkanes of at least 4 members (excludes halogenated alkanes) is 2. The predicted molar refractivity (Wildman–Crippen MR) is 102 cm³/mol. The van der Waals surface area contributed by atoms with Crippen molar-refractivity contribution in [3.63, 3.8) is 0 Å². The van der Waals surface area contributed by atoms with Crippen molar-refractivity contribution >= 4 is 6.08 Å². The van der Waals surface area contributed by atoms with Crippen molar-refractivity contribution in [1.82, 2.24) is 4.90 Å². The van der Waals surface area contributed by atoms with Crippen molar-refractivity contribution < 1.29 is 4.74 Å². The fraction of sp³-hybridized carbons (Fsp3) is 0.545. The Labute approximate surface area is 147 Å². The maximum Gasteiger partial charge on any atom is 0.118 e. The molecule has 0 saturated heterocycles. The first kappa shape index (κ1) is 17.1. The minimum Gasteiger partial charge on any atom is -0.497 e. The van der Waals surface area contributed by atoms with E-state index in [0.29, 0.717) is 0 Å². The topological polar surface area (TPSA) is 12.5 Å². The highest BCUT2D eigenvalue weighted by Gasteiger charge is 2.25. The van der Waals surface area contributed by atoms with Gasteiger partial charge in [-0.1, -0.05) is 37.5 Å². The molecule has 2 aliphatic rings. The highest BCUT2D eigenvalue weighted by molar-refractivity contribution is 5.60. The Hall–Kier alpha value is -1.70. The second kappa shape index (κ2) is 8.41. The maximum atomic E-state index is 5.29. The normalized spacial score (nSPS) is 19.6. The van der Waals surface area contributed by atoms with Gasteiger partial charge in [-0.2, -0.15) is 0 Å². The first-order valence-electron chi connectivity index (χ1n) is 9.63. The zero-order valence-electron chi connectivity index (χ0n) is 15.3.